The maximum Gasteiger partial charge on any atom is 0.0738 e. The summed E-state index contributed by atoms with van der Waals surface area (Å²) < 4.78 is 5.04. The molecular weight excluding hydrogens is 330 g/mol. The Hall–Kier alpha value is -1.14. The minimum Gasteiger partial charge on any atom is -0.327 e. The molecule has 2 aromatic rings. The lowest BCUT2D eigenvalue weighted by Gasteiger charge is -2.13. The standard InChI is InChI=1S/C15H24BrN5/c1-6-21-14(15(16)10(3)19-21)8-12(17)7-13-9(2)18-20(5)11(13)4/h12H,6-8,17H2,1-5H3. The van der Waals surface area contributed by atoms with Gasteiger partial charge >= 0.3 is 0 Å². The zero-order chi connectivity index (χ0) is 15.7. The van der Waals surface area contributed by atoms with E-state index in [9.17, 15) is 0 Å². The molecule has 21 heavy (non-hydrogen) atoms. The van der Waals surface area contributed by atoms with Crippen molar-refractivity contribution >= 4 is 15.9 Å². The Bertz CT molecular complexity index is 641. The van der Waals surface area contributed by atoms with Crippen molar-refractivity contribution in [2.45, 2.75) is 53.1 Å². The molecule has 0 fully saturated rings. The highest BCUT2D eigenvalue weighted by Gasteiger charge is 2.18. The summed E-state index contributed by atoms with van der Waals surface area (Å²) in [6.07, 6.45) is 1.65. The number of nitrogens with zero attached hydrogens (tertiary/aromatic N) is 4. The number of halogens is 1. The Labute approximate surface area is 134 Å². The molecule has 2 N–H and O–H groups in total. The van der Waals surface area contributed by atoms with E-state index < -0.39 is 0 Å². The first kappa shape index (κ1) is 16.2. The van der Waals surface area contributed by atoms with Gasteiger partial charge in [-0.15, -0.1) is 0 Å². The van der Waals surface area contributed by atoms with Gasteiger partial charge in [0.2, 0.25) is 0 Å². The summed E-state index contributed by atoms with van der Waals surface area (Å²) in [5.74, 6) is 0. The molecule has 0 aromatic carbocycles. The van der Waals surface area contributed by atoms with Crippen molar-refractivity contribution in [3.05, 3.63) is 32.8 Å². The van der Waals surface area contributed by atoms with E-state index in [1.54, 1.807) is 0 Å². The first-order valence-electron chi connectivity index (χ1n) is 7.31. The first-order chi connectivity index (χ1) is 9.85. The third kappa shape index (κ3) is 3.21. The lowest BCUT2D eigenvalue weighted by molar-refractivity contribution is 0.572. The third-order valence-electron chi connectivity index (χ3n) is 4.03. The zero-order valence-corrected chi connectivity index (χ0v) is 15.0. The molecule has 0 saturated carbocycles. The van der Waals surface area contributed by atoms with Gasteiger partial charge in [0.05, 0.1) is 21.6 Å². The normalized spacial score (nSPS) is 12.9. The summed E-state index contributed by atoms with van der Waals surface area (Å²) in [6.45, 7) is 9.12. The number of rotatable bonds is 5. The first-order valence-corrected chi connectivity index (χ1v) is 8.10. The molecule has 5 nitrogen and oxygen atoms in total. The maximum absolute atomic E-state index is 6.39. The fraction of sp³-hybridized carbons (Fsp3) is 0.600. The van der Waals surface area contributed by atoms with Crippen LogP contribution in [0.3, 0.4) is 0 Å². The topological polar surface area (TPSA) is 61.7 Å². The van der Waals surface area contributed by atoms with Crippen molar-refractivity contribution in [2.75, 3.05) is 0 Å². The Kier molecular flexibility index (Phi) is 4.88. The lowest BCUT2D eigenvalue weighted by Crippen LogP contribution is -2.27. The highest BCUT2D eigenvalue weighted by molar-refractivity contribution is 9.10. The molecule has 0 amide bonds. The molecule has 2 aromatic heterocycles. The minimum absolute atomic E-state index is 0.0595. The van der Waals surface area contributed by atoms with Crippen LogP contribution in [0.5, 0.6) is 0 Å². The molecule has 0 aliphatic heterocycles. The zero-order valence-electron chi connectivity index (χ0n) is 13.4. The highest BCUT2D eigenvalue weighted by Crippen LogP contribution is 2.23. The second-order valence-corrected chi connectivity index (χ2v) is 6.40. The van der Waals surface area contributed by atoms with Gasteiger partial charge < -0.3 is 5.73 Å². The molecule has 0 saturated heterocycles. The molecule has 2 rings (SSSR count). The second kappa shape index (κ2) is 6.32. The predicted octanol–water partition coefficient (Wildman–Crippen LogP) is 2.44. The minimum atomic E-state index is 0.0595. The van der Waals surface area contributed by atoms with E-state index in [0.29, 0.717) is 0 Å². The molecule has 116 valence electrons. The molecule has 0 bridgehead atoms. The fourth-order valence-electron chi connectivity index (χ4n) is 2.76. The summed E-state index contributed by atoms with van der Waals surface area (Å²) in [5, 5.41) is 8.99. The van der Waals surface area contributed by atoms with Crippen LogP contribution in [0.25, 0.3) is 0 Å². The predicted molar refractivity (Wildman–Crippen MR) is 88.4 cm³/mol. The number of nitrogens with two attached hydrogens (primary N) is 1. The van der Waals surface area contributed by atoms with Crippen LogP contribution in [0.2, 0.25) is 0 Å². The Morgan fingerprint density at radius 2 is 1.81 bits per heavy atom. The van der Waals surface area contributed by atoms with E-state index in [2.05, 4.69) is 40.0 Å². The average molecular weight is 354 g/mol. The van der Waals surface area contributed by atoms with Gasteiger partial charge in [-0.1, -0.05) is 0 Å². The highest BCUT2D eigenvalue weighted by atomic mass is 79.9. The van der Waals surface area contributed by atoms with E-state index >= 15 is 0 Å². The van der Waals surface area contributed by atoms with Crippen molar-refractivity contribution in [1.82, 2.24) is 19.6 Å². The van der Waals surface area contributed by atoms with E-state index in [0.717, 1.165) is 35.2 Å². The SMILES string of the molecule is CCn1nc(C)c(Br)c1CC(N)Cc1c(C)nn(C)c1C. The van der Waals surface area contributed by atoms with Crippen molar-refractivity contribution in [1.29, 1.82) is 0 Å². The van der Waals surface area contributed by atoms with E-state index in [1.165, 1.54) is 17.0 Å². The molecule has 0 radical (unpaired) electrons. The summed E-state index contributed by atoms with van der Waals surface area (Å²) in [4.78, 5) is 0. The van der Waals surface area contributed by atoms with Gasteiger partial charge in [0.25, 0.3) is 0 Å². The summed E-state index contributed by atoms with van der Waals surface area (Å²) in [7, 11) is 1.98. The monoisotopic (exact) mass is 353 g/mol. The Balaban J connectivity index is 2.17. The molecule has 6 heteroatoms. The van der Waals surface area contributed by atoms with Gasteiger partial charge in [0, 0.05) is 31.7 Å². The van der Waals surface area contributed by atoms with Gasteiger partial charge in [0.15, 0.2) is 0 Å². The van der Waals surface area contributed by atoms with Crippen LogP contribution in [0.15, 0.2) is 4.47 Å². The number of aryl methyl sites for hydroxylation is 4. The van der Waals surface area contributed by atoms with Crippen LogP contribution in [0.4, 0.5) is 0 Å². The summed E-state index contributed by atoms with van der Waals surface area (Å²) >= 11 is 3.63. The lowest BCUT2D eigenvalue weighted by atomic mass is 10.0. The quantitative estimate of drug-likeness (QED) is 0.897. The molecule has 2 heterocycles. The van der Waals surface area contributed by atoms with Gasteiger partial charge in [0.1, 0.15) is 0 Å². The Morgan fingerprint density at radius 1 is 1.14 bits per heavy atom. The third-order valence-corrected chi connectivity index (χ3v) is 5.07. The fourth-order valence-corrected chi connectivity index (χ4v) is 3.21. The molecule has 0 aliphatic carbocycles. The van der Waals surface area contributed by atoms with Crippen molar-refractivity contribution in [3.8, 4) is 0 Å². The maximum atomic E-state index is 6.39. The van der Waals surface area contributed by atoms with Crippen LogP contribution >= 0.6 is 15.9 Å². The largest absolute Gasteiger partial charge is 0.327 e. The van der Waals surface area contributed by atoms with Gasteiger partial charge in [-0.05, 0) is 55.6 Å². The van der Waals surface area contributed by atoms with Crippen LogP contribution in [-0.4, -0.2) is 25.6 Å². The van der Waals surface area contributed by atoms with E-state index in [1.807, 2.05) is 30.3 Å². The molecular formula is C15H24BrN5. The number of hydrogen-bond acceptors (Lipinski definition) is 3. The average Bonchev–Trinajstić information content (AvgIpc) is 2.83. The molecule has 1 atom stereocenters. The van der Waals surface area contributed by atoms with Crippen molar-refractivity contribution in [3.63, 3.8) is 0 Å². The van der Waals surface area contributed by atoms with Crippen LogP contribution in [-0.2, 0) is 26.4 Å². The molecule has 0 spiro atoms. The molecule has 0 aliphatic rings. The second-order valence-electron chi connectivity index (χ2n) is 5.60. The molecule has 1 unspecified atom stereocenters. The van der Waals surface area contributed by atoms with Crippen LogP contribution < -0.4 is 5.73 Å². The van der Waals surface area contributed by atoms with Crippen molar-refractivity contribution < 1.29 is 0 Å². The Morgan fingerprint density at radius 3 is 2.33 bits per heavy atom. The van der Waals surface area contributed by atoms with Crippen LogP contribution in [0.1, 0.15) is 35.3 Å². The van der Waals surface area contributed by atoms with E-state index in [-0.39, 0.29) is 6.04 Å². The smallest absolute Gasteiger partial charge is 0.0738 e. The summed E-state index contributed by atoms with van der Waals surface area (Å²) in [5.41, 5.74) is 12.1. The summed E-state index contributed by atoms with van der Waals surface area (Å²) in [6, 6.07) is 0.0595. The van der Waals surface area contributed by atoms with Gasteiger partial charge in [-0.25, -0.2) is 0 Å². The van der Waals surface area contributed by atoms with Gasteiger partial charge in [-0.2, -0.15) is 10.2 Å². The van der Waals surface area contributed by atoms with Crippen LogP contribution in [0, 0.1) is 20.8 Å². The van der Waals surface area contributed by atoms with E-state index in [4.69, 9.17) is 5.73 Å². The number of aromatic nitrogens is 4. The van der Waals surface area contributed by atoms with Crippen molar-refractivity contribution in [2.24, 2.45) is 12.8 Å². The number of hydrogen-bond donors (Lipinski definition) is 1. The van der Waals surface area contributed by atoms with Gasteiger partial charge in [-0.3, -0.25) is 9.36 Å².